The standard InChI is InChI=1S/C22H20ClN5OS/c1-14-9-10-17(23)12-19(14)25-21(29)13-30-22-27-26-20(28(22)24)11-16-7-4-6-15-5-2-3-8-18(15)16/h2-10,12H,11,13,24H2,1H3,(H,25,29). The number of aryl methyl sites for hydroxylation is 1. The van der Waals surface area contributed by atoms with Gasteiger partial charge in [0.2, 0.25) is 11.1 Å². The van der Waals surface area contributed by atoms with Crippen LogP contribution in [0.1, 0.15) is 17.0 Å². The third-order valence-electron chi connectivity index (χ3n) is 4.77. The molecule has 4 rings (SSSR count). The molecule has 0 radical (unpaired) electrons. The molecule has 0 atom stereocenters. The quantitative estimate of drug-likeness (QED) is 0.344. The second-order valence-electron chi connectivity index (χ2n) is 6.88. The van der Waals surface area contributed by atoms with Crippen molar-refractivity contribution in [1.29, 1.82) is 0 Å². The number of nitrogens with zero attached hydrogens (tertiary/aromatic N) is 3. The van der Waals surface area contributed by atoms with Crippen molar-refractivity contribution in [2.24, 2.45) is 0 Å². The maximum absolute atomic E-state index is 12.3. The number of carbonyl (C=O) groups excluding carboxylic acids is 1. The van der Waals surface area contributed by atoms with Gasteiger partial charge < -0.3 is 11.2 Å². The predicted octanol–water partition coefficient (Wildman–Crippen LogP) is 4.43. The maximum Gasteiger partial charge on any atom is 0.234 e. The number of thioether (sulfide) groups is 1. The van der Waals surface area contributed by atoms with Crippen molar-refractivity contribution in [2.75, 3.05) is 16.9 Å². The first-order valence-corrected chi connectivity index (χ1v) is 10.7. The van der Waals surface area contributed by atoms with Crippen molar-refractivity contribution >= 4 is 45.7 Å². The average Bonchev–Trinajstić information content (AvgIpc) is 3.09. The number of anilines is 1. The number of fused-ring (bicyclic) bond motifs is 1. The van der Waals surface area contributed by atoms with Crippen LogP contribution in [-0.4, -0.2) is 26.5 Å². The Labute approximate surface area is 183 Å². The number of amides is 1. The zero-order valence-electron chi connectivity index (χ0n) is 16.3. The SMILES string of the molecule is Cc1ccc(Cl)cc1NC(=O)CSc1nnc(Cc2cccc3ccccc23)n1N. The highest BCUT2D eigenvalue weighted by molar-refractivity contribution is 7.99. The molecule has 0 aliphatic heterocycles. The van der Waals surface area contributed by atoms with E-state index in [-0.39, 0.29) is 11.7 Å². The van der Waals surface area contributed by atoms with Gasteiger partial charge in [0.1, 0.15) is 0 Å². The van der Waals surface area contributed by atoms with Crippen molar-refractivity contribution in [2.45, 2.75) is 18.5 Å². The summed E-state index contributed by atoms with van der Waals surface area (Å²) < 4.78 is 1.45. The van der Waals surface area contributed by atoms with Crippen molar-refractivity contribution in [3.05, 3.63) is 82.6 Å². The number of hydrogen-bond donors (Lipinski definition) is 2. The zero-order valence-corrected chi connectivity index (χ0v) is 17.9. The van der Waals surface area contributed by atoms with E-state index in [1.807, 2.05) is 31.2 Å². The summed E-state index contributed by atoms with van der Waals surface area (Å²) in [5, 5.41) is 14.6. The smallest absolute Gasteiger partial charge is 0.234 e. The van der Waals surface area contributed by atoms with Gasteiger partial charge in [0.25, 0.3) is 0 Å². The Hall–Kier alpha value is -3.03. The van der Waals surface area contributed by atoms with E-state index < -0.39 is 0 Å². The molecule has 0 spiro atoms. The van der Waals surface area contributed by atoms with E-state index in [0.717, 1.165) is 16.5 Å². The summed E-state index contributed by atoms with van der Waals surface area (Å²) in [4.78, 5) is 12.3. The fourth-order valence-electron chi connectivity index (χ4n) is 3.19. The van der Waals surface area contributed by atoms with Crippen LogP contribution in [0.2, 0.25) is 5.02 Å². The second-order valence-corrected chi connectivity index (χ2v) is 8.26. The summed E-state index contributed by atoms with van der Waals surface area (Å²) in [7, 11) is 0. The van der Waals surface area contributed by atoms with Crippen molar-refractivity contribution in [1.82, 2.24) is 14.9 Å². The molecule has 3 N–H and O–H groups in total. The molecule has 8 heteroatoms. The number of nitrogens with one attached hydrogen (secondary N) is 1. The van der Waals surface area contributed by atoms with Crippen LogP contribution in [0.5, 0.6) is 0 Å². The van der Waals surface area contributed by atoms with Gasteiger partial charge in [0, 0.05) is 17.1 Å². The molecular weight excluding hydrogens is 418 g/mol. The first-order valence-electron chi connectivity index (χ1n) is 9.36. The van der Waals surface area contributed by atoms with Gasteiger partial charge in [-0.2, -0.15) is 0 Å². The molecule has 1 aromatic heterocycles. The van der Waals surface area contributed by atoms with Gasteiger partial charge in [0.15, 0.2) is 5.82 Å². The van der Waals surface area contributed by atoms with E-state index in [1.54, 1.807) is 12.1 Å². The third-order valence-corrected chi connectivity index (χ3v) is 5.95. The van der Waals surface area contributed by atoms with E-state index in [4.69, 9.17) is 17.4 Å². The van der Waals surface area contributed by atoms with Crippen LogP contribution in [0, 0.1) is 6.92 Å². The molecule has 30 heavy (non-hydrogen) atoms. The van der Waals surface area contributed by atoms with Gasteiger partial charge in [-0.05, 0) is 41.0 Å². The van der Waals surface area contributed by atoms with E-state index in [0.29, 0.717) is 28.1 Å². The minimum absolute atomic E-state index is 0.162. The average molecular weight is 438 g/mol. The molecule has 0 saturated heterocycles. The second kappa shape index (κ2) is 8.77. The third kappa shape index (κ3) is 4.42. The van der Waals surface area contributed by atoms with E-state index >= 15 is 0 Å². The Morgan fingerprint density at radius 1 is 1.13 bits per heavy atom. The predicted molar refractivity (Wildman–Crippen MR) is 122 cm³/mol. The summed E-state index contributed by atoms with van der Waals surface area (Å²) in [6.45, 7) is 1.91. The highest BCUT2D eigenvalue weighted by atomic mass is 35.5. The van der Waals surface area contributed by atoms with Crippen LogP contribution in [0.4, 0.5) is 5.69 Å². The van der Waals surface area contributed by atoms with Gasteiger partial charge in [-0.3, -0.25) is 4.79 Å². The molecular formula is C22H20ClN5OS. The van der Waals surface area contributed by atoms with Gasteiger partial charge >= 0.3 is 0 Å². The lowest BCUT2D eigenvalue weighted by Crippen LogP contribution is -2.17. The van der Waals surface area contributed by atoms with Gasteiger partial charge in [-0.25, -0.2) is 4.68 Å². The summed E-state index contributed by atoms with van der Waals surface area (Å²) in [6.07, 6.45) is 0.555. The molecule has 0 bridgehead atoms. The fourth-order valence-corrected chi connectivity index (χ4v) is 4.04. The van der Waals surface area contributed by atoms with Gasteiger partial charge in [-0.1, -0.05) is 71.9 Å². The van der Waals surface area contributed by atoms with E-state index in [9.17, 15) is 4.79 Å². The molecule has 1 heterocycles. The van der Waals surface area contributed by atoms with Gasteiger partial charge in [-0.15, -0.1) is 10.2 Å². The fraction of sp³-hybridized carbons (Fsp3) is 0.136. The summed E-state index contributed by atoms with van der Waals surface area (Å²) in [5.74, 6) is 6.84. The lowest BCUT2D eigenvalue weighted by molar-refractivity contribution is -0.113. The number of aromatic nitrogens is 3. The van der Waals surface area contributed by atoms with Crippen LogP contribution in [0.25, 0.3) is 10.8 Å². The van der Waals surface area contributed by atoms with Gasteiger partial charge in [0.05, 0.1) is 5.75 Å². The largest absolute Gasteiger partial charge is 0.336 e. The number of halogens is 1. The molecule has 0 aliphatic rings. The van der Waals surface area contributed by atoms with Crippen molar-refractivity contribution in [3.63, 3.8) is 0 Å². The normalized spacial score (nSPS) is 11.0. The van der Waals surface area contributed by atoms with E-state index in [2.05, 4.69) is 39.8 Å². The molecule has 152 valence electrons. The molecule has 0 fully saturated rings. The Kier molecular flexibility index (Phi) is 5.92. The van der Waals surface area contributed by atoms with Crippen LogP contribution < -0.4 is 11.2 Å². The monoisotopic (exact) mass is 437 g/mol. The first-order chi connectivity index (χ1) is 14.5. The minimum atomic E-state index is -0.163. The summed E-state index contributed by atoms with van der Waals surface area (Å²) >= 11 is 7.24. The lowest BCUT2D eigenvalue weighted by Gasteiger charge is -2.09. The lowest BCUT2D eigenvalue weighted by atomic mass is 10.0. The molecule has 4 aromatic rings. The highest BCUT2D eigenvalue weighted by Crippen LogP contribution is 2.23. The number of hydrogen-bond acceptors (Lipinski definition) is 5. The molecule has 1 amide bonds. The van der Waals surface area contributed by atoms with Crippen LogP contribution >= 0.6 is 23.4 Å². The van der Waals surface area contributed by atoms with Crippen LogP contribution in [0.15, 0.2) is 65.8 Å². The van der Waals surface area contributed by atoms with E-state index in [1.165, 1.54) is 21.8 Å². The maximum atomic E-state index is 12.3. The number of rotatable bonds is 6. The summed E-state index contributed by atoms with van der Waals surface area (Å²) in [6, 6.07) is 19.7. The number of carbonyl (C=O) groups is 1. The Bertz CT molecular complexity index is 1220. The highest BCUT2D eigenvalue weighted by Gasteiger charge is 2.14. The molecule has 0 saturated carbocycles. The van der Waals surface area contributed by atoms with Crippen LogP contribution in [-0.2, 0) is 11.2 Å². The topological polar surface area (TPSA) is 85.8 Å². The Morgan fingerprint density at radius 3 is 2.80 bits per heavy atom. The number of nitrogen functional groups attached to an aromatic ring is 1. The van der Waals surface area contributed by atoms with Crippen molar-refractivity contribution < 1.29 is 4.79 Å². The zero-order chi connectivity index (χ0) is 21.1. The number of nitrogens with two attached hydrogens (primary N) is 1. The molecule has 3 aromatic carbocycles. The Morgan fingerprint density at radius 2 is 1.93 bits per heavy atom. The molecule has 6 nitrogen and oxygen atoms in total. The number of benzene rings is 3. The summed E-state index contributed by atoms with van der Waals surface area (Å²) in [5.41, 5.74) is 2.76. The van der Waals surface area contributed by atoms with Crippen LogP contribution in [0.3, 0.4) is 0 Å². The minimum Gasteiger partial charge on any atom is -0.336 e. The first kappa shape index (κ1) is 20.3. The molecule has 0 aliphatic carbocycles. The van der Waals surface area contributed by atoms with Crippen molar-refractivity contribution in [3.8, 4) is 0 Å². The molecule has 0 unspecified atom stereocenters. The Balaban J connectivity index is 1.43.